The summed E-state index contributed by atoms with van der Waals surface area (Å²) in [4.78, 5) is 48.5. The van der Waals surface area contributed by atoms with E-state index in [0.717, 1.165) is 32.9 Å². The van der Waals surface area contributed by atoms with Gasteiger partial charge in [0.1, 0.15) is 0 Å². The van der Waals surface area contributed by atoms with Gasteiger partial charge in [-0.05, 0) is 18.6 Å². The number of hydrogen-bond donors (Lipinski definition) is 0. The van der Waals surface area contributed by atoms with E-state index in [0.29, 0.717) is 6.42 Å². The third-order valence-electron chi connectivity index (χ3n) is 4.10. The summed E-state index contributed by atoms with van der Waals surface area (Å²) < 4.78 is 38.5. The molecular weight excluding hydrogens is 406 g/mol. The lowest BCUT2D eigenvalue weighted by Gasteiger charge is -2.24. The van der Waals surface area contributed by atoms with Gasteiger partial charge in [-0.2, -0.15) is 0 Å². The summed E-state index contributed by atoms with van der Waals surface area (Å²) in [6, 6.07) is 1.80. The quantitative estimate of drug-likeness (QED) is 0.492. The highest BCUT2D eigenvalue weighted by molar-refractivity contribution is 7.91. The molecule has 1 aliphatic heterocycles. The van der Waals surface area contributed by atoms with Crippen molar-refractivity contribution in [2.75, 3.05) is 18.6 Å². The zero-order valence-electron chi connectivity index (χ0n) is 16.4. The van der Waals surface area contributed by atoms with Gasteiger partial charge in [0.15, 0.2) is 21.3 Å². The van der Waals surface area contributed by atoms with Gasteiger partial charge in [0, 0.05) is 39.4 Å². The highest BCUT2D eigenvalue weighted by Crippen LogP contribution is 2.40. The van der Waals surface area contributed by atoms with Gasteiger partial charge in [0.2, 0.25) is 5.75 Å². The van der Waals surface area contributed by atoms with Crippen LogP contribution >= 0.6 is 0 Å². The average molecular weight is 427 g/mol. The molecule has 1 fully saturated rings. The summed E-state index contributed by atoms with van der Waals surface area (Å²) in [6.45, 7) is 3.31. The molecule has 1 heterocycles. The van der Waals surface area contributed by atoms with Crippen LogP contribution in [0.15, 0.2) is 12.1 Å². The monoisotopic (exact) mass is 427 g/mol. The number of sulfone groups is 1. The zero-order valence-corrected chi connectivity index (χ0v) is 17.2. The van der Waals surface area contributed by atoms with Crippen LogP contribution in [0.1, 0.15) is 37.6 Å². The minimum Gasteiger partial charge on any atom is -0.423 e. The van der Waals surface area contributed by atoms with Crippen molar-refractivity contribution in [2.24, 2.45) is 0 Å². The molecule has 11 heteroatoms. The van der Waals surface area contributed by atoms with Crippen LogP contribution < -0.4 is 14.2 Å². The Morgan fingerprint density at radius 1 is 0.931 bits per heavy atom. The van der Waals surface area contributed by atoms with E-state index in [1.165, 1.54) is 11.9 Å². The molecule has 158 valence electrons. The van der Waals surface area contributed by atoms with E-state index in [4.69, 9.17) is 14.2 Å². The Kier molecular flexibility index (Phi) is 6.62. The number of hydrogen-bond acceptors (Lipinski definition) is 9. The molecule has 0 bridgehead atoms. The molecule has 1 atom stereocenters. The molecule has 1 aromatic rings. The molecule has 1 unspecified atom stereocenters. The van der Waals surface area contributed by atoms with Crippen molar-refractivity contribution in [2.45, 2.75) is 33.2 Å². The van der Waals surface area contributed by atoms with Gasteiger partial charge in [0.05, 0.1) is 11.5 Å². The van der Waals surface area contributed by atoms with Crippen molar-refractivity contribution in [1.82, 2.24) is 4.90 Å². The van der Waals surface area contributed by atoms with Crippen LogP contribution in [0.4, 0.5) is 0 Å². The summed E-state index contributed by atoms with van der Waals surface area (Å²) in [7, 11) is -1.77. The molecule has 1 aromatic carbocycles. The number of nitrogens with zero attached hydrogens (tertiary/aromatic N) is 1. The number of esters is 3. The van der Waals surface area contributed by atoms with Gasteiger partial charge in [-0.15, -0.1) is 0 Å². The number of amides is 1. The van der Waals surface area contributed by atoms with Crippen molar-refractivity contribution in [3.05, 3.63) is 17.7 Å². The Morgan fingerprint density at radius 2 is 1.41 bits per heavy atom. The second-order valence-corrected chi connectivity index (χ2v) is 8.78. The molecular formula is C18H21NO9S. The Morgan fingerprint density at radius 3 is 1.79 bits per heavy atom. The average Bonchev–Trinajstić information content (AvgIpc) is 2.94. The minimum absolute atomic E-state index is 0.0158. The van der Waals surface area contributed by atoms with Gasteiger partial charge in [0.25, 0.3) is 5.91 Å². The van der Waals surface area contributed by atoms with Gasteiger partial charge in [-0.25, -0.2) is 8.42 Å². The fourth-order valence-electron chi connectivity index (χ4n) is 2.86. The predicted molar refractivity (Wildman–Crippen MR) is 99.5 cm³/mol. The molecule has 0 N–H and O–H groups in total. The Labute approximate surface area is 167 Å². The lowest BCUT2D eigenvalue weighted by molar-refractivity contribution is -0.135. The zero-order chi connectivity index (χ0) is 21.9. The summed E-state index contributed by atoms with van der Waals surface area (Å²) in [5, 5.41) is 0. The van der Waals surface area contributed by atoms with E-state index in [2.05, 4.69) is 0 Å². The first kappa shape index (κ1) is 22.3. The second-order valence-electron chi connectivity index (χ2n) is 6.56. The van der Waals surface area contributed by atoms with Crippen LogP contribution in [0.3, 0.4) is 0 Å². The van der Waals surface area contributed by atoms with Crippen molar-refractivity contribution < 1.29 is 41.8 Å². The second kappa shape index (κ2) is 8.60. The first-order chi connectivity index (χ1) is 13.4. The number of carbonyl (C=O) groups is 4. The van der Waals surface area contributed by atoms with E-state index in [1.807, 2.05) is 0 Å². The van der Waals surface area contributed by atoms with Crippen molar-refractivity contribution >= 4 is 33.7 Å². The SMILES string of the molecule is CC(=O)Oc1cc(C(=O)N(C)C2CCS(=O)(=O)C2)cc(OC(C)=O)c1OC(C)=O. The van der Waals surface area contributed by atoms with Crippen LogP contribution in [0, 0.1) is 0 Å². The fraction of sp³-hybridized carbons (Fsp3) is 0.444. The summed E-state index contributed by atoms with van der Waals surface area (Å²) in [6.07, 6.45) is 0.295. The van der Waals surface area contributed by atoms with Crippen molar-refractivity contribution in [3.8, 4) is 17.2 Å². The van der Waals surface area contributed by atoms with Crippen LogP contribution in [0.2, 0.25) is 0 Å². The van der Waals surface area contributed by atoms with Crippen LogP contribution in [-0.2, 0) is 24.2 Å². The van der Waals surface area contributed by atoms with Crippen LogP contribution in [0.25, 0.3) is 0 Å². The molecule has 10 nitrogen and oxygen atoms in total. The standard InChI is InChI=1S/C18H21NO9S/c1-10(20)26-15-7-13(8-16(27-11(2)21)17(15)28-12(3)22)18(23)19(4)14-5-6-29(24,25)9-14/h7-8,14H,5-6,9H2,1-4H3. The molecule has 2 rings (SSSR count). The fourth-order valence-corrected chi connectivity index (χ4v) is 4.63. The molecule has 1 aliphatic rings. The topological polar surface area (TPSA) is 133 Å². The largest absolute Gasteiger partial charge is 0.423 e. The Bertz CT molecular complexity index is 931. The number of carbonyl (C=O) groups excluding carboxylic acids is 4. The van der Waals surface area contributed by atoms with E-state index in [9.17, 15) is 27.6 Å². The number of ether oxygens (including phenoxy) is 3. The predicted octanol–water partition coefficient (Wildman–Crippen LogP) is 0.722. The van der Waals surface area contributed by atoms with E-state index >= 15 is 0 Å². The highest BCUT2D eigenvalue weighted by atomic mass is 32.2. The third-order valence-corrected chi connectivity index (χ3v) is 5.85. The molecule has 0 radical (unpaired) electrons. The third kappa shape index (κ3) is 5.76. The molecule has 29 heavy (non-hydrogen) atoms. The van der Waals surface area contributed by atoms with Gasteiger partial charge >= 0.3 is 17.9 Å². The maximum atomic E-state index is 12.9. The van der Waals surface area contributed by atoms with E-state index < -0.39 is 39.7 Å². The molecule has 1 amide bonds. The van der Waals surface area contributed by atoms with E-state index in [1.54, 1.807) is 0 Å². The number of rotatable bonds is 5. The summed E-state index contributed by atoms with van der Waals surface area (Å²) >= 11 is 0. The lowest BCUT2D eigenvalue weighted by atomic mass is 10.1. The van der Waals surface area contributed by atoms with Crippen LogP contribution in [-0.4, -0.2) is 61.7 Å². The van der Waals surface area contributed by atoms with Gasteiger partial charge in [-0.1, -0.05) is 0 Å². The molecule has 0 spiro atoms. The normalized spacial score (nSPS) is 17.3. The molecule has 0 aliphatic carbocycles. The van der Waals surface area contributed by atoms with Crippen molar-refractivity contribution in [3.63, 3.8) is 0 Å². The Hall–Kier alpha value is -2.95. The van der Waals surface area contributed by atoms with Gasteiger partial charge in [-0.3, -0.25) is 19.2 Å². The first-order valence-electron chi connectivity index (χ1n) is 8.60. The van der Waals surface area contributed by atoms with Crippen molar-refractivity contribution in [1.29, 1.82) is 0 Å². The lowest BCUT2D eigenvalue weighted by Crippen LogP contribution is -2.37. The molecule has 0 saturated carbocycles. The number of benzene rings is 1. The molecule has 1 saturated heterocycles. The van der Waals surface area contributed by atoms with Gasteiger partial charge < -0.3 is 19.1 Å². The minimum atomic E-state index is -3.21. The summed E-state index contributed by atoms with van der Waals surface area (Å²) in [5.74, 6) is -3.94. The smallest absolute Gasteiger partial charge is 0.308 e. The maximum Gasteiger partial charge on any atom is 0.308 e. The van der Waals surface area contributed by atoms with E-state index in [-0.39, 0.29) is 34.3 Å². The molecule has 0 aromatic heterocycles. The Balaban J connectivity index is 2.50. The first-order valence-corrected chi connectivity index (χ1v) is 10.4. The highest BCUT2D eigenvalue weighted by Gasteiger charge is 2.34. The maximum absolute atomic E-state index is 12.9. The van der Waals surface area contributed by atoms with Crippen LogP contribution in [0.5, 0.6) is 17.2 Å². The summed E-state index contributed by atoms with van der Waals surface area (Å²) in [5.41, 5.74) is -0.0415.